The minimum atomic E-state index is -0.458. The van der Waals surface area contributed by atoms with Crippen LogP contribution in [0, 0.1) is 28.6 Å². The van der Waals surface area contributed by atoms with Crippen molar-refractivity contribution in [3.05, 3.63) is 0 Å². The highest BCUT2D eigenvalue weighted by Crippen LogP contribution is 2.34. The average molecular weight is 510 g/mol. The zero-order chi connectivity index (χ0) is 26.2. The molecule has 0 aromatic rings. The summed E-state index contributed by atoms with van der Waals surface area (Å²) in [6, 6.07) is -0.735. The number of thiocarbonyl (C=S) groups is 1. The highest BCUT2D eigenvalue weighted by atomic mass is 32.1. The molecule has 8 nitrogen and oxygen atoms in total. The average Bonchev–Trinajstić information content (AvgIpc) is 3.31. The van der Waals surface area contributed by atoms with Gasteiger partial charge in [0.15, 0.2) is 0 Å². The molecule has 2 atom stereocenters. The summed E-state index contributed by atoms with van der Waals surface area (Å²) in [7, 11) is 0. The van der Waals surface area contributed by atoms with Crippen molar-refractivity contribution in [2.45, 2.75) is 98.1 Å². The first kappa shape index (κ1) is 29.3. The van der Waals surface area contributed by atoms with E-state index in [0.29, 0.717) is 30.6 Å². The number of hydrogen-bond acceptors (Lipinski definition) is 5. The fourth-order valence-electron chi connectivity index (χ4n) is 4.88. The lowest BCUT2D eigenvalue weighted by Gasteiger charge is -2.42. The van der Waals surface area contributed by atoms with E-state index in [2.05, 4.69) is 45.3 Å². The van der Waals surface area contributed by atoms with Crippen LogP contribution in [0.25, 0.3) is 0 Å². The van der Waals surface area contributed by atoms with Crippen LogP contribution in [0.15, 0.2) is 0 Å². The van der Waals surface area contributed by atoms with Gasteiger partial charge in [0.25, 0.3) is 0 Å². The van der Waals surface area contributed by atoms with Crippen LogP contribution in [0.3, 0.4) is 0 Å². The third-order valence-electron chi connectivity index (χ3n) is 8.16. The number of likely N-dealkylation sites (tertiary alicyclic amines) is 1. The lowest BCUT2D eigenvalue weighted by atomic mass is 9.74. The van der Waals surface area contributed by atoms with Crippen LogP contribution in [0.5, 0.6) is 0 Å². The number of amides is 2. The lowest BCUT2D eigenvalue weighted by Crippen LogP contribution is -2.58. The van der Waals surface area contributed by atoms with Crippen molar-refractivity contribution in [1.82, 2.24) is 15.5 Å². The number of rotatable bonds is 11. The Hall–Kier alpha value is -1.90. The van der Waals surface area contributed by atoms with Gasteiger partial charge in [-0.1, -0.05) is 53.3 Å². The molecule has 0 unspecified atom stereocenters. The third-order valence-corrected chi connectivity index (χ3v) is 8.63. The molecule has 2 aliphatic rings. The van der Waals surface area contributed by atoms with Crippen molar-refractivity contribution in [1.29, 1.82) is 5.41 Å². The fraction of sp³-hybridized carbons (Fsp3) is 0.846. The second-order valence-electron chi connectivity index (χ2n) is 11.2. The van der Waals surface area contributed by atoms with E-state index in [-0.39, 0.29) is 35.0 Å². The number of carbonyl (C=O) groups is 2. The van der Waals surface area contributed by atoms with E-state index < -0.39 is 12.1 Å². The Kier molecular flexibility index (Phi) is 11.2. The summed E-state index contributed by atoms with van der Waals surface area (Å²) in [5, 5.41) is 13.8. The molecule has 2 fully saturated rings. The van der Waals surface area contributed by atoms with Gasteiger partial charge in [-0.2, -0.15) is 0 Å². The van der Waals surface area contributed by atoms with E-state index in [1.807, 2.05) is 4.90 Å². The van der Waals surface area contributed by atoms with E-state index in [9.17, 15) is 9.59 Å². The molecule has 1 aliphatic carbocycles. The van der Waals surface area contributed by atoms with E-state index in [0.717, 1.165) is 51.4 Å². The van der Waals surface area contributed by atoms with Crippen LogP contribution in [0.1, 0.15) is 86.0 Å². The zero-order valence-corrected chi connectivity index (χ0v) is 23.1. The number of ether oxygens (including phenoxy) is 1. The van der Waals surface area contributed by atoms with Gasteiger partial charge >= 0.3 is 6.09 Å². The Morgan fingerprint density at radius 1 is 1.20 bits per heavy atom. The Balaban J connectivity index is 2.02. The predicted molar refractivity (Wildman–Crippen MR) is 144 cm³/mol. The monoisotopic (exact) mass is 509 g/mol. The SMILES string of the molecule is CCCCOC(=O)N[C@H](C(=S)N1CCC[C@H]1C(=O)NCC1CCC(C(=N)N)CC1)C(C)(C)C(C)C. The van der Waals surface area contributed by atoms with Crippen LogP contribution in [0.4, 0.5) is 4.79 Å². The van der Waals surface area contributed by atoms with Crippen molar-refractivity contribution < 1.29 is 14.3 Å². The molecule has 2 amide bonds. The normalized spacial score (nSPS) is 23.6. The molecule has 1 saturated carbocycles. The van der Waals surface area contributed by atoms with Crippen LogP contribution in [-0.4, -0.2) is 59.5 Å². The van der Waals surface area contributed by atoms with Crippen LogP contribution in [-0.2, 0) is 9.53 Å². The maximum atomic E-state index is 13.2. The Labute approximate surface area is 217 Å². The van der Waals surface area contributed by atoms with Crippen molar-refractivity contribution >= 4 is 35.0 Å². The molecule has 0 radical (unpaired) electrons. The van der Waals surface area contributed by atoms with Gasteiger partial charge in [-0.15, -0.1) is 0 Å². The largest absolute Gasteiger partial charge is 0.450 e. The fourth-order valence-corrected chi connectivity index (χ4v) is 5.46. The number of carbonyl (C=O) groups excluding carboxylic acids is 2. The molecule has 5 N–H and O–H groups in total. The van der Waals surface area contributed by atoms with Gasteiger partial charge in [-0.05, 0) is 62.2 Å². The van der Waals surface area contributed by atoms with Crippen LogP contribution < -0.4 is 16.4 Å². The van der Waals surface area contributed by atoms with Crippen LogP contribution >= 0.6 is 12.2 Å². The standard InChI is InChI=1S/C26H47N5O3S/c1-6-7-15-34-25(33)30-21(26(4,5)17(2)3)24(35)31-14-8-9-20(31)23(32)29-16-18-10-12-19(13-11-18)22(27)28/h17-21H,6-16H2,1-5H3,(H3,27,28)(H,29,32)(H,30,33)/t18?,19?,20-,21+/m0/s1. The summed E-state index contributed by atoms with van der Waals surface area (Å²) in [6.45, 7) is 12.2. The van der Waals surface area contributed by atoms with Gasteiger partial charge in [-0.3, -0.25) is 10.2 Å². The number of hydrogen-bond donors (Lipinski definition) is 4. The van der Waals surface area contributed by atoms with Gasteiger partial charge < -0.3 is 26.0 Å². The van der Waals surface area contributed by atoms with Crippen molar-refractivity contribution in [3.8, 4) is 0 Å². The van der Waals surface area contributed by atoms with E-state index in [1.54, 1.807) is 0 Å². The minimum absolute atomic E-state index is 0.00478. The number of unbranched alkanes of at least 4 members (excludes halogenated alkanes) is 1. The van der Waals surface area contributed by atoms with E-state index in [1.165, 1.54) is 0 Å². The van der Waals surface area contributed by atoms with Crippen molar-refractivity contribution in [2.75, 3.05) is 19.7 Å². The first-order chi connectivity index (χ1) is 16.5. The third kappa shape index (κ3) is 8.05. The number of nitrogens with zero attached hydrogens (tertiary/aromatic N) is 1. The Morgan fingerprint density at radius 2 is 1.86 bits per heavy atom. The quantitative estimate of drug-likeness (QED) is 0.143. The van der Waals surface area contributed by atoms with E-state index >= 15 is 0 Å². The first-order valence-electron chi connectivity index (χ1n) is 13.3. The second-order valence-corrected chi connectivity index (χ2v) is 11.6. The molecule has 9 heteroatoms. The second kappa shape index (κ2) is 13.4. The highest BCUT2D eigenvalue weighted by Gasteiger charge is 2.42. The summed E-state index contributed by atoms with van der Waals surface area (Å²) < 4.78 is 5.37. The maximum Gasteiger partial charge on any atom is 0.407 e. The molecule has 200 valence electrons. The van der Waals surface area contributed by atoms with Gasteiger partial charge in [0, 0.05) is 19.0 Å². The van der Waals surface area contributed by atoms with Gasteiger partial charge in [0.1, 0.15) is 11.0 Å². The van der Waals surface area contributed by atoms with Crippen LogP contribution in [0.2, 0.25) is 0 Å². The smallest absolute Gasteiger partial charge is 0.407 e. The molecule has 0 spiro atoms. The Bertz CT molecular complexity index is 749. The highest BCUT2D eigenvalue weighted by molar-refractivity contribution is 7.80. The predicted octanol–water partition coefficient (Wildman–Crippen LogP) is 4.21. The molecule has 35 heavy (non-hydrogen) atoms. The van der Waals surface area contributed by atoms with Gasteiger partial charge in [0.05, 0.1) is 18.5 Å². The molecule has 1 saturated heterocycles. The molecular formula is C26H47N5O3S. The zero-order valence-electron chi connectivity index (χ0n) is 22.3. The summed E-state index contributed by atoms with van der Waals surface area (Å²) in [5.41, 5.74) is 5.34. The molecule has 1 heterocycles. The summed E-state index contributed by atoms with van der Waals surface area (Å²) in [5.74, 6) is 1.14. The summed E-state index contributed by atoms with van der Waals surface area (Å²) in [4.78, 5) is 28.4. The molecule has 0 aromatic carbocycles. The maximum absolute atomic E-state index is 13.2. The molecule has 0 bridgehead atoms. The first-order valence-corrected chi connectivity index (χ1v) is 13.7. The number of nitrogens with one attached hydrogen (secondary N) is 3. The van der Waals surface area contributed by atoms with Crippen molar-refractivity contribution in [3.63, 3.8) is 0 Å². The summed E-state index contributed by atoms with van der Waals surface area (Å²) >= 11 is 5.94. The molecule has 1 aliphatic heterocycles. The molecular weight excluding hydrogens is 462 g/mol. The lowest BCUT2D eigenvalue weighted by molar-refractivity contribution is -0.124. The van der Waals surface area contributed by atoms with E-state index in [4.69, 9.17) is 28.1 Å². The Morgan fingerprint density at radius 3 is 2.43 bits per heavy atom. The van der Waals surface area contributed by atoms with Gasteiger partial charge in [0.2, 0.25) is 5.91 Å². The summed E-state index contributed by atoms with van der Waals surface area (Å²) in [6.07, 6.45) is 6.74. The number of nitrogens with two attached hydrogens (primary N) is 1. The number of alkyl carbamates (subject to hydrolysis) is 1. The topological polar surface area (TPSA) is 121 Å². The molecule has 0 aromatic heterocycles. The minimum Gasteiger partial charge on any atom is -0.450 e. The molecule has 2 rings (SSSR count). The number of amidine groups is 1. The van der Waals surface area contributed by atoms with Crippen molar-refractivity contribution in [2.24, 2.45) is 28.9 Å². The van der Waals surface area contributed by atoms with Gasteiger partial charge in [-0.25, -0.2) is 4.79 Å².